The van der Waals surface area contributed by atoms with Gasteiger partial charge in [0, 0.05) is 37.4 Å². The number of aromatic nitrogens is 3. The zero-order valence-electron chi connectivity index (χ0n) is 12.5. The molecule has 1 unspecified atom stereocenters. The number of benzene rings is 1. The summed E-state index contributed by atoms with van der Waals surface area (Å²) in [6.07, 6.45) is 3.91. The number of aryl methyl sites for hydroxylation is 1. The predicted molar refractivity (Wildman–Crippen MR) is 87.8 cm³/mol. The van der Waals surface area contributed by atoms with E-state index in [-0.39, 0.29) is 6.04 Å². The number of rotatable bonds is 3. The quantitative estimate of drug-likeness (QED) is 0.744. The van der Waals surface area contributed by atoms with Gasteiger partial charge >= 0.3 is 0 Å². The highest BCUT2D eigenvalue weighted by Crippen LogP contribution is 2.30. The summed E-state index contributed by atoms with van der Waals surface area (Å²) in [4.78, 5) is 7.06. The second-order valence-electron chi connectivity index (χ2n) is 5.73. The molecule has 112 valence electrons. The van der Waals surface area contributed by atoms with Gasteiger partial charge in [-0.1, -0.05) is 24.3 Å². The molecular formula is C17H18N4S. The lowest BCUT2D eigenvalue weighted by Gasteiger charge is -2.34. The van der Waals surface area contributed by atoms with Crippen LogP contribution < -0.4 is 0 Å². The van der Waals surface area contributed by atoms with Crippen LogP contribution in [0.15, 0.2) is 48.1 Å². The standard InChI is InChI=1S/C17H18N4S/c1-13-19-15(12-22-13)10-20-9-14-5-2-3-6-16(14)17(11-20)21-8-4-7-18-21/h2-8,12,17H,9-11H2,1H3. The van der Waals surface area contributed by atoms with Crippen molar-refractivity contribution < 1.29 is 0 Å². The van der Waals surface area contributed by atoms with Crippen molar-refractivity contribution in [2.75, 3.05) is 6.54 Å². The summed E-state index contributed by atoms with van der Waals surface area (Å²) in [7, 11) is 0. The zero-order valence-corrected chi connectivity index (χ0v) is 13.3. The Labute approximate surface area is 134 Å². The first-order valence-corrected chi connectivity index (χ1v) is 8.38. The Morgan fingerprint density at radius 2 is 2.18 bits per heavy atom. The average Bonchev–Trinajstić information content (AvgIpc) is 3.18. The Morgan fingerprint density at radius 3 is 2.95 bits per heavy atom. The predicted octanol–water partition coefficient (Wildman–Crippen LogP) is 3.25. The average molecular weight is 310 g/mol. The third-order valence-electron chi connectivity index (χ3n) is 4.14. The maximum absolute atomic E-state index is 4.60. The molecule has 0 aliphatic carbocycles. The van der Waals surface area contributed by atoms with E-state index in [1.807, 2.05) is 12.3 Å². The summed E-state index contributed by atoms with van der Waals surface area (Å²) in [5.74, 6) is 0. The van der Waals surface area contributed by atoms with Crippen molar-refractivity contribution in [1.82, 2.24) is 19.7 Å². The third-order valence-corrected chi connectivity index (χ3v) is 4.96. The molecule has 3 aromatic rings. The molecular weight excluding hydrogens is 292 g/mol. The highest BCUT2D eigenvalue weighted by atomic mass is 32.1. The Hall–Kier alpha value is -1.98. The van der Waals surface area contributed by atoms with E-state index in [0.29, 0.717) is 0 Å². The summed E-state index contributed by atoms with van der Waals surface area (Å²) >= 11 is 1.72. The fraction of sp³-hybridized carbons (Fsp3) is 0.294. The number of nitrogens with zero attached hydrogens (tertiary/aromatic N) is 4. The van der Waals surface area contributed by atoms with E-state index in [0.717, 1.165) is 24.6 Å². The van der Waals surface area contributed by atoms with Crippen LogP contribution in [0.4, 0.5) is 0 Å². The van der Waals surface area contributed by atoms with Crippen LogP contribution in [-0.4, -0.2) is 26.2 Å². The van der Waals surface area contributed by atoms with Crippen LogP contribution >= 0.6 is 11.3 Å². The van der Waals surface area contributed by atoms with Gasteiger partial charge in [-0.15, -0.1) is 11.3 Å². The molecule has 22 heavy (non-hydrogen) atoms. The van der Waals surface area contributed by atoms with Crippen LogP contribution in [0.3, 0.4) is 0 Å². The normalized spacial score (nSPS) is 18.3. The molecule has 4 rings (SSSR count). The van der Waals surface area contributed by atoms with E-state index in [1.54, 1.807) is 11.3 Å². The van der Waals surface area contributed by atoms with Gasteiger partial charge < -0.3 is 0 Å². The minimum absolute atomic E-state index is 0.277. The molecule has 0 bridgehead atoms. The molecule has 0 spiro atoms. The van der Waals surface area contributed by atoms with Gasteiger partial charge in [0.25, 0.3) is 0 Å². The summed E-state index contributed by atoms with van der Waals surface area (Å²) in [6.45, 7) is 4.91. The van der Waals surface area contributed by atoms with E-state index >= 15 is 0 Å². The number of fused-ring (bicyclic) bond motifs is 1. The monoisotopic (exact) mass is 310 g/mol. The van der Waals surface area contributed by atoms with E-state index in [1.165, 1.54) is 16.8 Å². The highest BCUT2D eigenvalue weighted by Gasteiger charge is 2.26. The van der Waals surface area contributed by atoms with Crippen molar-refractivity contribution in [3.8, 4) is 0 Å². The van der Waals surface area contributed by atoms with Crippen LogP contribution in [0.5, 0.6) is 0 Å². The topological polar surface area (TPSA) is 34.0 Å². The summed E-state index contributed by atoms with van der Waals surface area (Å²) in [5.41, 5.74) is 3.94. The minimum Gasteiger partial charge on any atom is -0.291 e. The molecule has 0 fully saturated rings. The Balaban J connectivity index is 1.64. The van der Waals surface area contributed by atoms with Crippen LogP contribution in [0, 0.1) is 6.92 Å². The molecule has 0 saturated heterocycles. The minimum atomic E-state index is 0.277. The largest absolute Gasteiger partial charge is 0.291 e. The molecule has 0 saturated carbocycles. The molecule has 1 aromatic carbocycles. The fourth-order valence-corrected chi connectivity index (χ4v) is 3.78. The van der Waals surface area contributed by atoms with Gasteiger partial charge in [-0.05, 0) is 24.1 Å². The van der Waals surface area contributed by atoms with Gasteiger partial charge in [-0.2, -0.15) is 5.10 Å². The van der Waals surface area contributed by atoms with Crippen molar-refractivity contribution >= 4 is 11.3 Å². The number of hydrogen-bond acceptors (Lipinski definition) is 4. The molecule has 0 radical (unpaired) electrons. The van der Waals surface area contributed by atoms with Gasteiger partial charge in [-0.25, -0.2) is 4.98 Å². The SMILES string of the molecule is Cc1nc(CN2Cc3ccccc3C(n3cccn3)C2)cs1. The molecule has 2 aromatic heterocycles. The van der Waals surface area contributed by atoms with Gasteiger partial charge in [-0.3, -0.25) is 9.58 Å². The first-order valence-electron chi connectivity index (χ1n) is 7.50. The van der Waals surface area contributed by atoms with Gasteiger partial charge in [0.2, 0.25) is 0 Å². The lowest BCUT2D eigenvalue weighted by molar-refractivity contribution is 0.202. The summed E-state index contributed by atoms with van der Waals surface area (Å²) < 4.78 is 2.07. The molecule has 0 N–H and O–H groups in total. The Bertz CT molecular complexity index is 763. The second kappa shape index (κ2) is 5.66. The van der Waals surface area contributed by atoms with Crippen molar-refractivity contribution in [2.24, 2.45) is 0 Å². The number of thiazole rings is 1. The lowest BCUT2D eigenvalue weighted by Crippen LogP contribution is -2.36. The van der Waals surface area contributed by atoms with E-state index in [4.69, 9.17) is 0 Å². The lowest BCUT2D eigenvalue weighted by atomic mass is 9.95. The van der Waals surface area contributed by atoms with Crippen molar-refractivity contribution in [3.63, 3.8) is 0 Å². The Morgan fingerprint density at radius 1 is 1.27 bits per heavy atom. The van der Waals surface area contributed by atoms with E-state index < -0.39 is 0 Å². The van der Waals surface area contributed by atoms with Crippen LogP contribution in [0.1, 0.15) is 27.9 Å². The second-order valence-corrected chi connectivity index (χ2v) is 6.79. The molecule has 1 aliphatic heterocycles. The Kier molecular flexibility index (Phi) is 3.52. The highest BCUT2D eigenvalue weighted by molar-refractivity contribution is 7.09. The molecule has 0 amide bonds. The van der Waals surface area contributed by atoms with Crippen molar-refractivity contribution in [1.29, 1.82) is 0 Å². The molecule has 4 nitrogen and oxygen atoms in total. The van der Waals surface area contributed by atoms with Crippen molar-refractivity contribution in [3.05, 3.63) is 69.9 Å². The fourth-order valence-electron chi connectivity index (χ4n) is 3.17. The molecule has 1 atom stereocenters. The summed E-state index contributed by atoms with van der Waals surface area (Å²) in [5, 5.41) is 7.76. The van der Waals surface area contributed by atoms with Gasteiger partial charge in [0.1, 0.15) is 0 Å². The maximum atomic E-state index is 4.60. The van der Waals surface area contributed by atoms with Gasteiger partial charge in [0.05, 0.1) is 16.7 Å². The van der Waals surface area contributed by atoms with Crippen LogP contribution in [0.25, 0.3) is 0 Å². The van der Waals surface area contributed by atoms with Gasteiger partial charge in [0.15, 0.2) is 0 Å². The molecule has 5 heteroatoms. The van der Waals surface area contributed by atoms with Crippen LogP contribution in [0.2, 0.25) is 0 Å². The summed E-state index contributed by atoms with van der Waals surface area (Å²) in [6, 6.07) is 11.0. The van der Waals surface area contributed by atoms with Crippen LogP contribution in [-0.2, 0) is 13.1 Å². The third kappa shape index (κ3) is 2.58. The van der Waals surface area contributed by atoms with E-state index in [2.05, 4.69) is 62.4 Å². The zero-order chi connectivity index (χ0) is 14.9. The van der Waals surface area contributed by atoms with E-state index in [9.17, 15) is 0 Å². The smallest absolute Gasteiger partial charge is 0.0898 e. The molecule has 1 aliphatic rings. The molecule has 3 heterocycles. The first-order chi connectivity index (χ1) is 10.8. The maximum Gasteiger partial charge on any atom is 0.0898 e. The van der Waals surface area contributed by atoms with Crippen molar-refractivity contribution in [2.45, 2.75) is 26.1 Å². The first kappa shape index (κ1) is 13.7. The number of hydrogen-bond donors (Lipinski definition) is 0.